The molecule has 0 bridgehead atoms. The van der Waals surface area contributed by atoms with Gasteiger partial charge < -0.3 is 14.4 Å². The Kier molecular flexibility index (Phi) is 6.19. The molecule has 3 amide bonds. The highest BCUT2D eigenvalue weighted by atomic mass is 16.5. The van der Waals surface area contributed by atoms with Crippen molar-refractivity contribution in [1.82, 2.24) is 4.90 Å². The lowest BCUT2D eigenvalue weighted by Gasteiger charge is -2.32. The molecule has 0 radical (unpaired) electrons. The molecular weight excluding hydrogens is 356 g/mol. The molecule has 1 aliphatic rings. The van der Waals surface area contributed by atoms with Gasteiger partial charge in [-0.25, -0.2) is 9.69 Å². The number of nitrogens with zero attached hydrogens (tertiary/aromatic N) is 2. The zero-order chi connectivity index (χ0) is 20.1. The number of carbonyl (C=O) groups is 2. The van der Waals surface area contributed by atoms with Crippen molar-refractivity contribution in [3.8, 4) is 11.5 Å². The molecule has 0 aromatic heterocycles. The summed E-state index contributed by atoms with van der Waals surface area (Å²) in [5.74, 6) is 0.589. The van der Waals surface area contributed by atoms with Gasteiger partial charge in [-0.1, -0.05) is 17.7 Å². The zero-order valence-corrected chi connectivity index (χ0v) is 16.6. The number of urea groups is 1. The van der Waals surface area contributed by atoms with Crippen molar-refractivity contribution in [3.05, 3.63) is 53.6 Å². The average molecular weight is 382 g/mol. The van der Waals surface area contributed by atoms with E-state index in [4.69, 9.17) is 9.47 Å². The molecule has 1 saturated heterocycles. The number of hydrogen-bond donors (Lipinski definition) is 0. The summed E-state index contributed by atoms with van der Waals surface area (Å²) in [7, 11) is 3.05. The lowest BCUT2D eigenvalue weighted by Crippen LogP contribution is -2.48. The number of piperidine rings is 1. The first-order chi connectivity index (χ1) is 13.5. The second-order valence-corrected chi connectivity index (χ2v) is 6.91. The molecule has 1 fully saturated rings. The molecule has 0 atom stereocenters. The minimum Gasteiger partial charge on any atom is -0.497 e. The number of ether oxygens (including phenoxy) is 2. The molecule has 0 saturated carbocycles. The van der Waals surface area contributed by atoms with Gasteiger partial charge in [-0.2, -0.15) is 0 Å². The third-order valence-corrected chi connectivity index (χ3v) is 4.91. The average Bonchev–Trinajstić information content (AvgIpc) is 2.75. The molecule has 2 aromatic rings. The van der Waals surface area contributed by atoms with Crippen molar-refractivity contribution in [3.63, 3.8) is 0 Å². The molecule has 1 heterocycles. The number of imide groups is 1. The highest BCUT2D eigenvalue weighted by molar-refractivity contribution is 6.20. The molecular formula is C22H26N2O4. The number of anilines is 1. The lowest BCUT2D eigenvalue weighted by atomic mass is 10.1. The standard InChI is InChI=1S/C22H26N2O4/c1-16-7-9-18(10-8-16)24(22(26)23-11-5-4-6-12-23)21(25)17-13-19(27-2)15-20(14-17)28-3/h7-10,13-15H,4-6,11-12H2,1-3H3. The minimum absolute atomic E-state index is 0.296. The van der Waals surface area contributed by atoms with Crippen LogP contribution in [0, 0.1) is 6.92 Å². The van der Waals surface area contributed by atoms with Gasteiger partial charge in [0.2, 0.25) is 0 Å². The third kappa shape index (κ3) is 4.27. The summed E-state index contributed by atoms with van der Waals surface area (Å²) in [4.78, 5) is 29.7. The normalized spacial score (nSPS) is 13.8. The Labute approximate surface area is 165 Å². The maximum Gasteiger partial charge on any atom is 0.331 e. The van der Waals surface area contributed by atoms with Gasteiger partial charge in [-0.3, -0.25) is 4.79 Å². The summed E-state index contributed by atoms with van der Waals surface area (Å²) < 4.78 is 10.6. The van der Waals surface area contributed by atoms with Crippen LogP contribution in [-0.4, -0.2) is 44.1 Å². The molecule has 0 spiro atoms. The van der Waals surface area contributed by atoms with Crippen LogP contribution in [0.5, 0.6) is 11.5 Å². The van der Waals surface area contributed by atoms with Crippen molar-refractivity contribution < 1.29 is 19.1 Å². The Morgan fingerprint density at radius 3 is 2.00 bits per heavy atom. The van der Waals surface area contributed by atoms with Gasteiger partial charge in [0.1, 0.15) is 11.5 Å². The van der Waals surface area contributed by atoms with E-state index in [1.807, 2.05) is 19.1 Å². The van der Waals surface area contributed by atoms with Gasteiger partial charge in [0.15, 0.2) is 0 Å². The smallest absolute Gasteiger partial charge is 0.331 e. The second kappa shape index (κ2) is 8.78. The van der Waals surface area contributed by atoms with Gasteiger partial charge in [-0.15, -0.1) is 0 Å². The Hall–Kier alpha value is -3.02. The maximum atomic E-state index is 13.4. The number of carbonyl (C=O) groups excluding carboxylic acids is 2. The maximum absolute atomic E-state index is 13.4. The number of rotatable bonds is 4. The first kappa shape index (κ1) is 19.7. The summed E-state index contributed by atoms with van der Waals surface area (Å²) in [6.45, 7) is 3.29. The van der Waals surface area contributed by atoms with Crippen LogP contribution >= 0.6 is 0 Å². The van der Waals surface area contributed by atoms with E-state index in [1.165, 1.54) is 19.1 Å². The molecule has 0 unspecified atom stereocenters. The summed E-state index contributed by atoms with van der Waals surface area (Å²) >= 11 is 0. The van der Waals surface area contributed by atoms with Crippen LogP contribution in [0.25, 0.3) is 0 Å². The van der Waals surface area contributed by atoms with E-state index in [2.05, 4.69) is 0 Å². The molecule has 3 rings (SSSR count). The van der Waals surface area contributed by atoms with Gasteiger partial charge in [0, 0.05) is 24.7 Å². The van der Waals surface area contributed by atoms with Crippen LogP contribution in [0.3, 0.4) is 0 Å². The Balaban J connectivity index is 2.01. The number of hydrogen-bond acceptors (Lipinski definition) is 4. The number of aryl methyl sites for hydroxylation is 1. The molecule has 0 N–H and O–H groups in total. The molecule has 6 nitrogen and oxygen atoms in total. The monoisotopic (exact) mass is 382 g/mol. The number of amides is 3. The van der Waals surface area contributed by atoms with Crippen LogP contribution in [0.4, 0.5) is 10.5 Å². The first-order valence-electron chi connectivity index (χ1n) is 9.46. The lowest BCUT2D eigenvalue weighted by molar-refractivity contribution is 0.0983. The molecule has 6 heteroatoms. The predicted molar refractivity (Wildman–Crippen MR) is 108 cm³/mol. The Morgan fingerprint density at radius 1 is 0.893 bits per heavy atom. The molecule has 1 aliphatic heterocycles. The third-order valence-electron chi connectivity index (χ3n) is 4.91. The summed E-state index contributed by atoms with van der Waals surface area (Å²) in [6.07, 6.45) is 3.01. The van der Waals surface area contributed by atoms with E-state index < -0.39 is 5.91 Å². The summed E-state index contributed by atoms with van der Waals surface area (Å²) in [5, 5.41) is 0. The number of methoxy groups -OCH3 is 2. The SMILES string of the molecule is COc1cc(OC)cc(C(=O)N(C(=O)N2CCCCC2)c2ccc(C)cc2)c1. The van der Waals surface area contributed by atoms with E-state index in [9.17, 15) is 9.59 Å². The van der Waals surface area contributed by atoms with Crippen molar-refractivity contribution in [2.45, 2.75) is 26.2 Å². The zero-order valence-electron chi connectivity index (χ0n) is 16.6. The van der Waals surface area contributed by atoms with E-state index in [0.717, 1.165) is 24.8 Å². The number of likely N-dealkylation sites (tertiary alicyclic amines) is 1. The second-order valence-electron chi connectivity index (χ2n) is 6.91. The fourth-order valence-corrected chi connectivity index (χ4v) is 3.30. The van der Waals surface area contributed by atoms with Crippen LogP contribution in [0.2, 0.25) is 0 Å². The van der Waals surface area contributed by atoms with Crippen LogP contribution in [0.15, 0.2) is 42.5 Å². The van der Waals surface area contributed by atoms with E-state index in [-0.39, 0.29) is 6.03 Å². The molecule has 28 heavy (non-hydrogen) atoms. The van der Waals surface area contributed by atoms with E-state index in [0.29, 0.717) is 35.8 Å². The predicted octanol–water partition coefficient (Wildman–Crippen LogP) is 4.26. The fraction of sp³-hybridized carbons (Fsp3) is 0.364. The van der Waals surface area contributed by atoms with Crippen molar-refractivity contribution in [2.24, 2.45) is 0 Å². The molecule has 2 aromatic carbocycles. The topological polar surface area (TPSA) is 59.1 Å². The molecule has 148 valence electrons. The van der Waals surface area contributed by atoms with Gasteiger partial charge in [-0.05, 0) is 50.5 Å². The van der Waals surface area contributed by atoms with Gasteiger partial charge in [0.05, 0.1) is 19.9 Å². The van der Waals surface area contributed by atoms with Gasteiger partial charge >= 0.3 is 6.03 Å². The van der Waals surface area contributed by atoms with Crippen LogP contribution in [-0.2, 0) is 0 Å². The van der Waals surface area contributed by atoms with Crippen molar-refractivity contribution >= 4 is 17.6 Å². The number of benzene rings is 2. The Morgan fingerprint density at radius 2 is 1.46 bits per heavy atom. The van der Waals surface area contributed by atoms with E-state index >= 15 is 0 Å². The van der Waals surface area contributed by atoms with Gasteiger partial charge in [0.25, 0.3) is 5.91 Å². The van der Waals surface area contributed by atoms with E-state index in [1.54, 1.807) is 35.2 Å². The molecule has 0 aliphatic carbocycles. The van der Waals surface area contributed by atoms with Crippen LogP contribution < -0.4 is 14.4 Å². The summed E-state index contributed by atoms with van der Waals surface area (Å²) in [6, 6.07) is 12.0. The summed E-state index contributed by atoms with van der Waals surface area (Å²) in [5.41, 5.74) is 1.94. The fourth-order valence-electron chi connectivity index (χ4n) is 3.30. The largest absolute Gasteiger partial charge is 0.497 e. The highest BCUT2D eigenvalue weighted by Crippen LogP contribution is 2.27. The first-order valence-corrected chi connectivity index (χ1v) is 9.46. The van der Waals surface area contributed by atoms with Crippen LogP contribution in [0.1, 0.15) is 35.2 Å². The van der Waals surface area contributed by atoms with Crippen molar-refractivity contribution in [1.29, 1.82) is 0 Å². The van der Waals surface area contributed by atoms with Crippen molar-refractivity contribution in [2.75, 3.05) is 32.2 Å². The quantitative estimate of drug-likeness (QED) is 0.793. The highest BCUT2D eigenvalue weighted by Gasteiger charge is 2.30. The Bertz CT molecular complexity index is 820. The minimum atomic E-state index is -0.406.